The molecule has 110 valence electrons. The molecule has 4 nitrogen and oxygen atoms in total. The van der Waals surface area contributed by atoms with Gasteiger partial charge in [-0.1, -0.05) is 23.7 Å². The van der Waals surface area contributed by atoms with Gasteiger partial charge >= 0.3 is 0 Å². The van der Waals surface area contributed by atoms with Gasteiger partial charge in [-0.15, -0.1) is 0 Å². The van der Waals surface area contributed by atoms with E-state index in [9.17, 15) is 17.6 Å². The fraction of sp³-hybridized carbons (Fsp3) is 0.0714. The summed E-state index contributed by atoms with van der Waals surface area (Å²) in [5.41, 5.74) is 0.379. The molecular weight excluding hydrogens is 317 g/mol. The van der Waals surface area contributed by atoms with Crippen LogP contribution >= 0.6 is 11.6 Å². The van der Waals surface area contributed by atoms with Crippen LogP contribution in [0.15, 0.2) is 47.4 Å². The van der Waals surface area contributed by atoms with Crippen molar-refractivity contribution in [1.82, 2.24) is 0 Å². The minimum absolute atomic E-state index is 0.144. The average Bonchev–Trinajstić information content (AvgIpc) is 2.37. The Labute approximate surface area is 126 Å². The van der Waals surface area contributed by atoms with Crippen molar-refractivity contribution < 1.29 is 17.6 Å². The molecule has 21 heavy (non-hydrogen) atoms. The number of Topliss-reactive ketones (excluding diaryl/α,β-unsaturated/α-hetero) is 1. The van der Waals surface area contributed by atoms with E-state index in [4.69, 9.17) is 11.6 Å². The normalized spacial score (nSPS) is 11.2. The molecule has 0 aliphatic heterocycles. The third-order valence-electron chi connectivity index (χ3n) is 2.73. The highest BCUT2D eigenvalue weighted by atomic mass is 35.5. The lowest BCUT2D eigenvalue weighted by Gasteiger charge is -2.12. The monoisotopic (exact) mass is 327 g/mol. The molecule has 0 saturated carbocycles. The summed E-state index contributed by atoms with van der Waals surface area (Å²) in [6, 6.07) is 9.16. The van der Waals surface area contributed by atoms with E-state index in [2.05, 4.69) is 4.72 Å². The lowest BCUT2D eigenvalue weighted by atomic mass is 10.1. The molecule has 7 heteroatoms. The summed E-state index contributed by atoms with van der Waals surface area (Å²) >= 11 is 5.76. The predicted molar refractivity (Wildman–Crippen MR) is 78.7 cm³/mol. The van der Waals surface area contributed by atoms with E-state index in [1.165, 1.54) is 19.1 Å². The molecular formula is C14H11ClFNO3S. The Morgan fingerprint density at radius 3 is 2.48 bits per heavy atom. The topological polar surface area (TPSA) is 63.2 Å². The Kier molecular flexibility index (Phi) is 4.29. The number of carbonyl (C=O) groups excluding carboxylic acids is 1. The van der Waals surface area contributed by atoms with Crippen LogP contribution < -0.4 is 4.72 Å². The van der Waals surface area contributed by atoms with Gasteiger partial charge in [0.1, 0.15) is 10.7 Å². The number of ketones is 1. The van der Waals surface area contributed by atoms with E-state index >= 15 is 0 Å². The number of hydrogen-bond acceptors (Lipinski definition) is 3. The van der Waals surface area contributed by atoms with Crippen molar-refractivity contribution >= 4 is 33.1 Å². The van der Waals surface area contributed by atoms with Gasteiger partial charge < -0.3 is 0 Å². The van der Waals surface area contributed by atoms with Crippen molar-refractivity contribution in [3.63, 3.8) is 0 Å². The maximum atomic E-state index is 13.0. The summed E-state index contributed by atoms with van der Waals surface area (Å²) in [5.74, 6) is -0.915. The Morgan fingerprint density at radius 1 is 1.19 bits per heavy atom. The van der Waals surface area contributed by atoms with Crippen LogP contribution in [0.1, 0.15) is 17.3 Å². The number of halogens is 2. The van der Waals surface area contributed by atoms with Crippen LogP contribution in [0.3, 0.4) is 0 Å². The quantitative estimate of drug-likeness (QED) is 0.874. The van der Waals surface area contributed by atoms with Crippen molar-refractivity contribution in [3.05, 3.63) is 58.9 Å². The minimum atomic E-state index is -4.02. The molecule has 0 atom stereocenters. The molecule has 0 heterocycles. The maximum absolute atomic E-state index is 13.0. The Bertz CT molecular complexity index is 806. The van der Waals surface area contributed by atoms with Crippen LogP contribution in [-0.2, 0) is 10.0 Å². The van der Waals surface area contributed by atoms with Gasteiger partial charge in [-0.2, -0.15) is 0 Å². The first-order chi connectivity index (χ1) is 9.81. The zero-order valence-electron chi connectivity index (χ0n) is 10.9. The van der Waals surface area contributed by atoms with E-state index in [-0.39, 0.29) is 27.0 Å². The van der Waals surface area contributed by atoms with Crippen molar-refractivity contribution in [3.8, 4) is 0 Å². The first kappa shape index (κ1) is 15.5. The molecule has 0 amide bonds. The highest BCUT2D eigenvalue weighted by Crippen LogP contribution is 2.26. The largest absolute Gasteiger partial charge is 0.294 e. The number of anilines is 1. The van der Waals surface area contributed by atoms with E-state index in [1.807, 2.05) is 0 Å². The van der Waals surface area contributed by atoms with Gasteiger partial charge in [-0.3, -0.25) is 9.52 Å². The molecule has 0 aliphatic rings. The van der Waals surface area contributed by atoms with Crippen molar-refractivity contribution in [2.24, 2.45) is 0 Å². The molecule has 2 rings (SSSR count). The van der Waals surface area contributed by atoms with E-state index in [1.54, 1.807) is 12.1 Å². The average molecular weight is 328 g/mol. The standard InChI is InChI=1S/C14H11ClFNO3S/c1-9(18)11-4-2-3-5-13(11)17-21(19,20)14-7-6-10(16)8-12(14)15/h2-8,17H,1H3. The van der Waals surface area contributed by atoms with E-state index < -0.39 is 15.8 Å². The van der Waals surface area contributed by atoms with Gasteiger partial charge in [-0.05, 0) is 37.3 Å². The second-order valence-electron chi connectivity index (χ2n) is 4.28. The van der Waals surface area contributed by atoms with Gasteiger partial charge in [0, 0.05) is 5.56 Å². The number of sulfonamides is 1. The number of benzene rings is 2. The number of hydrogen-bond donors (Lipinski definition) is 1. The minimum Gasteiger partial charge on any atom is -0.294 e. The van der Waals surface area contributed by atoms with Gasteiger partial charge in [0.15, 0.2) is 5.78 Å². The van der Waals surface area contributed by atoms with Crippen LogP contribution in [0.4, 0.5) is 10.1 Å². The number of para-hydroxylation sites is 1. The second kappa shape index (κ2) is 5.83. The van der Waals surface area contributed by atoms with Gasteiger partial charge in [0.2, 0.25) is 0 Å². The van der Waals surface area contributed by atoms with Crippen LogP contribution in [0, 0.1) is 5.82 Å². The lowest BCUT2D eigenvalue weighted by molar-refractivity contribution is 0.101. The fourth-order valence-corrected chi connectivity index (χ4v) is 3.38. The zero-order chi connectivity index (χ0) is 15.6. The predicted octanol–water partition coefficient (Wildman–Crippen LogP) is 3.48. The first-order valence-electron chi connectivity index (χ1n) is 5.89. The Morgan fingerprint density at radius 2 is 1.86 bits per heavy atom. The van der Waals surface area contributed by atoms with Gasteiger partial charge in [-0.25, -0.2) is 12.8 Å². The SMILES string of the molecule is CC(=O)c1ccccc1NS(=O)(=O)c1ccc(F)cc1Cl. The summed E-state index contributed by atoms with van der Waals surface area (Å²) in [6.07, 6.45) is 0. The Hall–Kier alpha value is -1.92. The summed E-state index contributed by atoms with van der Waals surface area (Å²) in [4.78, 5) is 11.2. The van der Waals surface area contributed by atoms with Crippen LogP contribution in [0.2, 0.25) is 5.02 Å². The molecule has 2 aromatic rings. The van der Waals surface area contributed by atoms with E-state index in [0.29, 0.717) is 0 Å². The first-order valence-corrected chi connectivity index (χ1v) is 7.75. The summed E-state index contributed by atoms with van der Waals surface area (Å²) < 4.78 is 39.8. The van der Waals surface area contributed by atoms with Crippen molar-refractivity contribution in [2.75, 3.05) is 4.72 Å². The smallest absolute Gasteiger partial charge is 0.263 e. The molecule has 1 N–H and O–H groups in total. The summed E-state index contributed by atoms with van der Waals surface area (Å²) in [7, 11) is -4.02. The zero-order valence-corrected chi connectivity index (χ0v) is 12.5. The molecule has 0 fully saturated rings. The van der Waals surface area contributed by atoms with E-state index in [0.717, 1.165) is 18.2 Å². The summed E-state index contributed by atoms with van der Waals surface area (Å²) in [6.45, 7) is 1.33. The van der Waals surface area contributed by atoms with Crippen molar-refractivity contribution in [2.45, 2.75) is 11.8 Å². The molecule has 0 unspecified atom stereocenters. The van der Waals surface area contributed by atoms with Crippen LogP contribution in [-0.4, -0.2) is 14.2 Å². The number of nitrogens with one attached hydrogen (secondary N) is 1. The van der Waals surface area contributed by atoms with Crippen LogP contribution in [0.5, 0.6) is 0 Å². The molecule has 0 aromatic heterocycles. The number of rotatable bonds is 4. The molecule has 0 bridgehead atoms. The lowest BCUT2D eigenvalue weighted by Crippen LogP contribution is -2.15. The van der Waals surface area contributed by atoms with Crippen LogP contribution in [0.25, 0.3) is 0 Å². The maximum Gasteiger partial charge on any atom is 0.263 e. The third-order valence-corrected chi connectivity index (χ3v) is 4.58. The fourth-order valence-electron chi connectivity index (χ4n) is 1.77. The highest BCUT2D eigenvalue weighted by Gasteiger charge is 2.20. The second-order valence-corrected chi connectivity index (χ2v) is 6.34. The van der Waals surface area contributed by atoms with Crippen molar-refractivity contribution in [1.29, 1.82) is 0 Å². The molecule has 0 saturated heterocycles. The van der Waals surface area contributed by atoms with Gasteiger partial charge in [0.25, 0.3) is 10.0 Å². The third kappa shape index (κ3) is 3.40. The Balaban J connectivity index is 2.45. The number of carbonyl (C=O) groups is 1. The van der Waals surface area contributed by atoms with Gasteiger partial charge in [0.05, 0.1) is 10.7 Å². The molecule has 0 radical (unpaired) electrons. The molecule has 2 aromatic carbocycles. The molecule has 0 aliphatic carbocycles. The highest BCUT2D eigenvalue weighted by molar-refractivity contribution is 7.92. The molecule has 0 spiro atoms. The summed E-state index contributed by atoms with van der Waals surface area (Å²) in [5, 5.41) is -0.234.